The standard InChI is InChI=1S/C16H23N3O2S/c1-18-12-8-19(9-13(12)21-7-6-16(18)20)10-15-17-11-4-2-3-5-14(11)22-15/h12-13H,2-10H2,1H3/t12-,13-/m0/s1. The lowest BCUT2D eigenvalue weighted by atomic mass is 10.0. The molecule has 120 valence electrons. The number of ether oxygens (including phenoxy) is 1. The molecule has 22 heavy (non-hydrogen) atoms. The lowest BCUT2D eigenvalue weighted by Crippen LogP contribution is -2.42. The number of likely N-dealkylation sites (N-methyl/N-ethyl adjacent to an activating group) is 1. The van der Waals surface area contributed by atoms with E-state index in [4.69, 9.17) is 9.72 Å². The Morgan fingerprint density at radius 3 is 3.00 bits per heavy atom. The van der Waals surface area contributed by atoms with Crippen molar-refractivity contribution in [3.63, 3.8) is 0 Å². The van der Waals surface area contributed by atoms with E-state index in [1.165, 1.54) is 34.8 Å². The number of carbonyl (C=O) groups excluding carboxylic acids is 1. The quantitative estimate of drug-likeness (QED) is 0.827. The molecule has 6 heteroatoms. The van der Waals surface area contributed by atoms with Gasteiger partial charge in [-0.05, 0) is 25.7 Å². The Balaban J connectivity index is 1.44. The Morgan fingerprint density at radius 2 is 2.14 bits per heavy atom. The molecule has 2 aliphatic heterocycles. The van der Waals surface area contributed by atoms with E-state index in [2.05, 4.69) is 4.90 Å². The molecular weight excluding hydrogens is 298 g/mol. The molecule has 0 N–H and O–H groups in total. The van der Waals surface area contributed by atoms with E-state index in [1.54, 1.807) is 0 Å². The van der Waals surface area contributed by atoms with Gasteiger partial charge in [0.1, 0.15) is 5.01 Å². The first-order chi connectivity index (χ1) is 10.7. The number of likely N-dealkylation sites (tertiary alicyclic amines) is 1. The molecule has 3 aliphatic rings. The van der Waals surface area contributed by atoms with Crippen molar-refractivity contribution < 1.29 is 9.53 Å². The number of carbonyl (C=O) groups is 1. The monoisotopic (exact) mass is 321 g/mol. The minimum absolute atomic E-state index is 0.158. The number of rotatable bonds is 2. The predicted molar refractivity (Wildman–Crippen MR) is 84.9 cm³/mol. The Hall–Kier alpha value is -0.980. The first-order valence-corrected chi connectivity index (χ1v) is 9.09. The molecule has 0 aromatic carbocycles. The third kappa shape index (κ3) is 2.68. The molecule has 4 rings (SSSR count). The van der Waals surface area contributed by atoms with E-state index in [9.17, 15) is 4.79 Å². The number of thiazole rings is 1. The van der Waals surface area contributed by atoms with Gasteiger partial charge >= 0.3 is 0 Å². The Morgan fingerprint density at radius 1 is 1.27 bits per heavy atom. The van der Waals surface area contributed by atoms with Crippen LogP contribution < -0.4 is 0 Å². The van der Waals surface area contributed by atoms with Crippen LogP contribution in [0.1, 0.15) is 34.8 Å². The van der Waals surface area contributed by atoms with Gasteiger partial charge in [-0.3, -0.25) is 9.69 Å². The van der Waals surface area contributed by atoms with Gasteiger partial charge in [0.05, 0.1) is 37.4 Å². The van der Waals surface area contributed by atoms with Crippen LogP contribution in [0.2, 0.25) is 0 Å². The van der Waals surface area contributed by atoms with E-state index in [0.29, 0.717) is 13.0 Å². The summed E-state index contributed by atoms with van der Waals surface area (Å²) in [5.74, 6) is 0.207. The summed E-state index contributed by atoms with van der Waals surface area (Å²) >= 11 is 1.89. The summed E-state index contributed by atoms with van der Waals surface area (Å²) in [7, 11) is 1.92. The second-order valence-electron chi connectivity index (χ2n) is 6.61. The zero-order valence-electron chi connectivity index (χ0n) is 13.1. The fraction of sp³-hybridized carbons (Fsp3) is 0.750. The number of aromatic nitrogens is 1. The minimum Gasteiger partial charge on any atom is -0.374 e. The van der Waals surface area contributed by atoms with Crippen molar-refractivity contribution in [1.82, 2.24) is 14.8 Å². The van der Waals surface area contributed by atoms with Gasteiger partial charge < -0.3 is 9.64 Å². The van der Waals surface area contributed by atoms with Gasteiger partial charge in [-0.1, -0.05) is 0 Å². The summed E-state index contributed by atoms with van der Waals surface area (Å²) in [6, 6.07) is 0.199. The highest BCUT2D eigenvalue weighted by atomic mass is 32.1. The normalized spacial score (nSPS) is 29.3. The van der Waals surface area contributed by atoms with Crippen LogP contribution in [0.3, 0.4) is 0 Å². The predicted octanol–water partition coefficient (Wildman–Crippen LogP) is 1.45. The maximum atomic E-state index is 12.0. The van der Waals surface area contributed by atoms with Crippen molar-refractivity contribution in [2.75, 3.05) is 26.7 Å². The molecule has 1 aromatic rings. The molecular formula is C16H23N3O2S. The molecule has 1 aromatic heterocycles. The van der Waals surface area contributed by atoms with Crippen molar-refractivity contribution in [1.29, 1.82) is 0 Å². The number of nitrogens with zero attached hydrogens (tertiary/aromatic N) is 3. The first kappa shape index (κ1) is 14.6. The van der Waals surface area contributed by atoms with Crippen LogP contribution in [0.25, 0.3) is 0 Å². The summed E-state index contributed by atoms with van der Waals surface area (Å²) in [6.45, 7) is 3.27. The molecule has 2 fully saturated rings. The van der Waals surface area contributed by atoms with Crippen molar-refractivity contribution in [3.8, 4) is 0 Å². The van der Waals surface area contributed by atoms with Crippen LogP contribution in [-0.2, 0) is 28.9 Å². The maximum absolute atomic E-state index is 12.0. The number of fused-ring (bicyclic) bond motifs is 2. The van der Waals surface area contributed by atoms with Gasteiger partial charge in [0, 0.05) is 25.0 Å². The SMILES string of the molecule is CN1C(=O)CCO[C@H]2CN(Cc3nc4c(s3)CCCC4)C[C@@H]21. The van der Waals surface area contributed by atoms with Crippen LogP contribution >= 0.6 is 11.3 Å². The fourth-order valence-electron chi connectivity index (χ4n) is 3.82. The average molecular weight is 321 g/mol. The molecule has 0 saturated carbocycles. The summed E-state index contributed by atoms with van der Waals surface area (Å²) in [5, 5.41) is 1.23. The number of hydrogen-bond acceptors (Lipinski definition) is 5. The summed E-state index contributed by atoms with van der Waals surface area (Å²) < 4.78 is 5.90. The minimum atomic E-state index is 0.158. The van der Waals surface area contributed by atoms with E-state index in [-0.39, 0.29) is 18.1 Å². The maximum Gasteiger partial charge on any atom is 0.225 e. The third-order valence-corrected chi connectivity index (χ3v) is 6.24. The van der Waals surface area contributed by atoms with E-state index in [0.717, 1.165) is 26.1 Å². The Labute approximate surface area is 135 Å². The number of amides is 1. The van der Waals surface area contributed by atoms with E-state index < -0.39 is 0 Å². The van der Waals surface area contributed by atoms with Crippen molar-refractivity contribution >= 4 is 17.2 Å². The van der Waals surface area contributed by atoms with Gasteiger partial charge in [0.2, 0.25) is 5.91 Å². The van der Waals surface area contributed by atoms with Crippen molar-refractivity contribution in [2.24, 2.45) is 0 Å². The molecule has 0 unspecified atom stereocenters. The van der Waals surface area contributed by atoms with Crippen molar-refractivity contribution in [2.45, 2.75) is 50.8 Å². The van der Waals surface area contributed by atoms with Crippen LogP contribution in [0, 0.1) is 0 Å². The van der Waals surface area contributed by atoms with Crippen LogP contribution in [0.5, 0.6) is 0 Å². The van der Waals surface area contributed by atoms with Crippen LogP contribution in [0.4, 0.5) is 0 Å². The molecule has 0 radical (unpaired) electrons. The lowest BCUT2D eigenvalue weighted by molar-refractivity contribution is -0.131. The Bertz CT molecular complexity index is 550. The molecule has 3 heterocycles. The number of aryl methyl sites for hydroxylation is 2. The highest BCUT2D eigenvalue weighted by Gasteiger charge is 2.39. The topological polar surface area (TPSA) is 45.7 Å². The summed E-state index contributed by atoms with van der Waals surface area (Å²) in [4.78, 5) is 22.6. The second-order valence-corrected chi connectivity index (χ2v) is 7.78. The first-order valence-electron chi connectivity index (χ1n) is 8.28. The zero-order valence-corrected chi connectivity index (χ0v) is 13.9. The average Bonchev–Trinajstić information content (AvgIpc) is 3.06. The molecule has 1 aliphatic carbocycles. The highest BCUT2D eigenvalue weighted by molar-refractivity contribution is 7.11. The molecule has 5 nitrogen and oxygen atoms in total. The van der Waals surface area contributed by atoms with E-state index in [1.807, 2.05) is 23.3 Å². The van der Waals surface area contributed by atoms with Gasteiger partial charge in [0.15, 0.2) is 0 Å². The zero-order chi connectivity index (χ0) is 15.1. The van der Waals surface area contributed by atoms with Gasteiger partial charge in [0.25, 0.3) is 0 Å². The number of hydrogen-bond donors (Lipinski definition) is 0. The lowest BCUT2D eigenvalue weighted by Gasteiger charge is -2.25. The molecule has 2 atom stereocenters. The van der Waals surface area contributed by atoms with Crippen molar-refractivity contribution in [3.05, 3.63) is 15.6 Å². The van der Waals surface area contributed by atoms with Gasteiger partial charge in [-0.25, -0.2) is 4.98 Å². The third-order valence-electron chi connectivity index (χ3n) is 5.10. The summed E-state index contributed by atoms with van der Waals surface area (Å²) in [6.07, 6.45) is 5.62. The highest BCUT2D eigenvalue weighted by Crippen LogP contribution is 2.29. The molecule has 2 saturated heterocycles. The molecule has 0 spiro atoms. The molecule has 0 bridgehead atoms. The fourth-order valence-corrected chi connectivity index (χ4v) is 5.02. The summed E-state index contributed by atoms with van der Waals surface area (Å²) in [5.41, 5.74) is 1.34. The smallest absolute Gasteiger partial charge is 0.225 e. The van der Waals surface area contributed by atoms with Gasteiger partial charge in [-0.2, -0.15) is 0 Å². The van der Waals surface area contributed by atoms with Crippen LogP contribution in [0.15, 0.2) is 0 Å². The molecule has 1 amide bonds. The second kappa shape index (κ2) is 5.91. The van der Waals surface area contributed by atoms with Gasteiger partial charge in [-0.15, -0.1) is 11.3 Å². The Kier molecular flexibility index (Phi) is 3.92. The van der Waals surface area contributed by atoms with E-state index >= 15 is 0 Å². The van der Waals surface area contributed by atoms with Crippen LogP contribution in [-0.4, -0.2) is 59.6 Å². The largest absolute Gasteiger partial charge is 0.374 e.